The number of tetrazole rings is 1. The third kappa shape index (κ3) is 2.49. The molecule has 2 rings (SSSR count). The number of hydrogen-bond donors (Lipinski definition) is 1. The molecule has 0 fully saturated rings. The first-order chi connectivity index (χ1) is 8.95. The fraction of sp³-hybridized carbons (Fsp3) is 0.500. The number of aryl methyl sites for hydroxylation is 1. The lowest BCUT2D eigenvalue weighted by molar-refractivity contribution is -0.147. The van der Waals surface area contributed by atoms with Crippen molar-refractivity contribution in [2.75, 3.05) is 0 Å². The van der Waals surface area contributed by atoms with Gasteiger partial charge in [0.15, 0.2) is 5.82 Å². The molecule has 0 aromatic carbocycles. The molecule has 2 heterocycles. The molecule has 1 N–H and O–H groups in total. The van der Waals surface area contributed by atoms with Crippen molar-refractivity contribution in [3.63, 3.8) is 0 Å². The Morgan fingerprint density at radius 2 is 2.26 bits per heavy atom. The van der Waals surface area contributed by atoms with Gasteiger partial charge in [-0.2, -0.15) is 0 Å². The molecule has 2 aromatic rings. The average molecular weight is 264 g/mol. The smallest absolute Gasteiger partial charge is 0.310 e. The maximum Gasteiger partial charge on any atom is 0.310 e. The second-order valence-corrected chi connectivity index (χ2v) is 4.96. The van der Waals surface area contributed by atoms with Crippen molar-refractivity contribution in [2.45, 2.75) is 33.7 Å². The van der Waals surface area contributed by atoms with Crippen molar-refractivity contribution < 1.29 is 14.3 Å². The topological polar surface area (TPSA) is 94.0 Å². The van der Waals surface area contributed by atoms with Gasteiger partial charge in [-0.3, -0.25) is 4.79 Å². The van der Waals surface area contributed by atoms with Gasteiger partial charge in [0.05, 0.1) is 23.8 Å². The monoisotopic (exact) mass is 264 g/mol. The number of rotatable bonds is 5. The molecule has 0 spiro atoms. The molecule has 19 heavy (non-hydrogen) atoms. The third-order valence-electron chi connectivity index (χ3n) is 2.96. The fourth-order valence-electron chi connectivity index (χ4n) is 1.76. The maximum atomic E-state index is 11.2. The lowest BCUT2D eigenvalue weighted by atomic mass is 9.94. The molecule has 0 bridgehead atoms. The largest absolute Gasteiger partial charge is 0.481 e. The Hall–Kier alpha value is -2.18. The highest BCUT2D eigenvalue weighted by Gasteiger charge is 2.30. The van der Waals surface area contributed by atoms with Crippen LogP contribution in [0.4, 0.5) is 0 Å². The van der Waals surface area contributed by atoms with Gasteiger partial charge >= 0.3 is 5.97 Å². The summed E-state index contributed by atoms with van der Waals surface area (Å²) >= 11 is 0. The van der Waals surface area contributed by atoms with Gasteiger partial charge in [-0.1, -0.05) is 6.92 Å². The van der Waals surface area contributed by atoms with Gasteiger partial charge < -0.3 is 9.52 Å². The Bertz CT molecular complexity index is 585. The molecule has 0 amide bonds. The van der Waals surface area contributed by atoms with Crippen LogP contribution in [0.5, 0.6) is 0 Å². The van der Waals surface area contributed by atoms with E-state index in [9.17, 15) is 4.79 Å². The summed E-state index contributed by atoms with van der Waals surface area (Å²) in [6.45, 7) is 5.43. The van der Waals surface area contributed by atoms with E-state index in [1.165, 1.54) is 4.68 Å². The third-order valence-corrected chi connectivity index (χ3v) is 2.96. The van der Waals surface area contributed by atoms with Gasteiger partial charge in [0.1, 0.15) is 5.76 Å². The molecule has 0 saturated carbocycles. The molecule has 102 valence electrons. The number of carboxylic acid groups (broad SMARTS) is 1. The van der Waals surface area contributed by atoms with Gasteiger partial charge in [0.2, 0.25) is 0 Å². The van der Waals surface area contributed by atoms with Crippen LogP contribution in [0.1, 0.15) is 26.5 Å². The van der Waals surface area contributed by atoms with Crippen LogP contribution in [0.3, 0.4) is 0 Å². The van der Waals surface area contributed by atoms with Crippen LogP contribution in [0.2, 0.25) is 0 Å². The van der Waals surface area contributed by atoms with Crippen molar-refractivity contribution in [1.29, 1.82) is 0 Å². The Kier molecular flexibility index (Phi) is 3.37. The minimum absolute atomic E-state index is 0.193. The molecule has 7 heteroatoms. The molecular formula is C12H16N4O3. The van der Waals surface area contributed by atoms with Crippen LogP contribution in [-0.2, 0) is 17.8 Å². The number of aliphatic carboxylic acids is 1. The summed E-state index contributed by atoms with van der Waals surface area (Å²) < 4.78 is 6.84. The van der Waals surface area contributed by atoms with E-state index in [2.05, 4.69) is 15.5 Å². The number of nitrogens with zero attached hydrogens (tertiary/aromatic N) is 4. The fourth-order valence-corrected chi connectivity index (χ4v) is 1.76. The van der Waals surface area contributed by atoms with Crippen molar-refractivity contribution >= 4 is 5.97 Å². The average Bonchev–Trinajstić information content (AvgIpc) is 2.95. The zero-order chi connectivity index (χ0) is 14.0. The highest BCUT2D eigenvalue weighted by Crippen LogP contribution is 2.25. The number of aromatic nitrogens is 4. The second kappa shape index (κ2) is 4.83. The first kappa shape index (κ1) is 13.3. The molecule has 0 unspecified atom stereocenters. The lowest BCUT2D eigenvalue weighted by Gasteiger charge is -2.18. The van der Waals surface area contributed by atoms with Gasteiger partial charge in [-0.05, 0) is 30.3 Å². The van der Waals surface area contributed by atoms with Crippen molar-refractivity contribution in [2.24, 2.45) is 5.41 Å². The van der Waals surface area contributed by atoms with Crippen LogP contribution < -0.4 is 0 Å². The minimum Gasteiger partial charge on any atom is -0.481 e. The quantitative estimate of drug-likeness (QED) is 0.881. The van der Waals surface area contributed by atoms with E-state index in [4.69, 9.17) is 9.52 Å². The lowest BCUT2D eigenvalue weighted by Crippen LogP contribution is -2.30. The maximum absolute atomic E-state index is 11.2. The molecule has 0 aliphatic heterocycles. The highest BCUT2D eigenvalue weighted by atomic mass is 16.4. The predicted octanol–water partition coefficient (Wildman–Crippen LogP) is 1.61. The first-order valence-electron chi connectivity index (χ1n) is 6.02. The molecule has 0 aliphatic rings. The second-order valence-electron chi connectivity index (χ2n) is 4.96. The van der Waals surface area contributed by atoms with Gasteiger partial charge in [0, 0.05) is 6.42 Å². The summed E-state index contributed by atoms with van der Waals surface area (Å²) in [5.41, 5.74) is -0.144. The van der Waals surface area contributed by atoms with Gasteiger partial charge in [0.25, 0.3) is 0 Å². The predicted molar refractivity (Wildman–Crippen MR) is 66.3 cm³/mol. The number of furan rings is 1. The molecular weight excluding hydrogens is 248 g/mol. The molecule has 0 saturated heterocycles. The van der Waals surface area contributed by atoms with Crippen molar-refractivity contribution in [3.8, 4) is 11.4 Å². The van der Waals surface area contributed by atoms with E-state index >= 15 is 0 Å². The van der Waals surface area contributed by atoms with E-state index in [0.29, 0.717) is 5.82 Å². The summed E-state index contributed by atoms with van der Waals surface area (Å²) in [7, 11) is 0. The Morgan fingerprint density at radius 3 is 2.89 bits per heavy atom. The zero-order valence-electron chi connectivity index (χ0n) is 11.1. The van der Waals surface area contributed by atoms with Crippen LogP contribution in [0.15, 0.2) is 16.7 Å². The van der Waals surface area contributed by atoms with E-state index in [1.807, 2.05) is 6.92 Å². The summed E-state index contributed by atoms with van der Waals surface area (Å²) in [5.74, 6) is 0.418. The molecule has 2 aromatic heterocycles. The van der Waals surface area contributed by atoms with Crippen molar-refractivity contribution in [3.05, 3.63) is 18.1 Å². The Morgan fingerprint density at radius 1 is 1.53 bits per heavy atom. The van der Waals surface area contributed by atoms with E-state index in [1.54, 1.807) is 26.2 Å². The van der Waals surface area contributed by atoms with Gasteiger partial charge in [-0.15, -0.1) is 5.10 Å². The number of carboxylic acids is 1. The Balaban J connectivity index is 2.36. The summed E-state index contributed by atoms with van der Waals surface area (Å²) in [5, 5.41) is 20.6. The number of carbonyl (C=O) groups is 1. The normalized spacial score (nSPS) is 11.7. The standard InChI is InChI=1S/C12H16N4O3/c1-4-9-8(5-6-19-9)10-13-14-15-16(10)7-12(2,3)11(17)18/h5-6H,4,7H2,1-3H3,(H,17,18). The molecule has 7 nitrogen and oxygen atoms in total. The summed E-state index contributed by atoms with van der Waals surface area (Å²) in [6.07, 6.45) is 2.30. The first-order valence-corrected chi connectivity index (χ1v) is 6.02. The number of hydrogen-bond acceptors (Lipinski definition) is 5. The summed E-state index contributed by atoms with van der Waals surface area (Å²) in [4.78, 5) is 11.2. The SMILES string of the molecule is CCc1occc1-c1nnnn1CC(C)(C)C(=O)O. The van der Waals surface area contributed by atoms with Crippen LogP contribution in [0, 0.1) is 5.41 Å². The van der Waals surface area contributed by atoms with Gasteiger partial charge in [-0.25, -0.2) is 4.68 Å². The van der Waals surface area contributed by atoms with E-state index in [0.717, 1.165) is 17.7 Å². The minimum atomic E-state index is -0.944. The van der Waals surface area contributed by atoms with E-state index in [-0.39, 0.29) is 6.54 Å². The zero-order valence-corrected chi connectivity index (χ0v) is 11.1. The van der Waals surface area contributed by atoms with Crippen LogP contribution in [-0.4, -0.2) is 31.3 Å². The van der Waals surface area contributed by atoms with Crippen LogP contribution in [0.25, 0.3) is 11.4 Å². The summed E-state index contributed by atoms with van der Waals surface area (Å²) in [6, 6.07) is 1.79. The van der Waals surface area contributed by atoms with Crippen LogP contribution >= 0.6 is 0 Å². The Labute approximate surface area is 110 Å². The molecule has 0 radical (unpaired) electrons. The van der Waals surface area contributed by atoms with E-state index < -0.39 is 11.4 Å². The molecule has 0 atom stereocenters. The molecule has 0 aliphatic carbocycles. The van der Waals surface area contributed by atoms with Crippen molar-refractivity contribution in [1.82, 2.24) is 20.2 Å². The highest BCUT2D eigenvalue weighted by molar-refractivity contribution is 5.73.